The minimum absolute atomic E-state index is 0.122. The fourth-order valence-corrected chi connectivity index (χ4v) is 3.98. The van der Waals surface area contributed by atoms with Crippen LogP contribution in [-0.2, 0) is 6.42 Å². The number of nitrogens with one attached hydrogen (secondary N) is 1. The third-order valence-corrected chi connectivity index (χ3v) is 5.29. The number of benzene rings is 1. The van der Waals surface area contributed by atoms with Gasteiger partial charge < -0.3 is 5.32 Å². The molecule has 4 heteroatoms. The molecule has 0 radical (unpaired) electrons. The zero-order chi connectivity index (χ0) is 13.7. The highest BCUT2D eigenvalue weighted by atomic mass is 32.2. The minimum Gasteiger partial charge on any atom is -0.316 e. The van der Waals surface area contributed by atoms with Crippen molar-refractivity contribution in [2.45, 2.75) is 43.4 Å². The number of rotatable bonds is 6. The Labute approximate surface area is 118 Å². The third kappa shape index (κ3) is 4.18. The normalized spacial score (nSPS) is 17.8. The summed E-state index contributed by atoms with van der Waals surface area (Å²) in [5, 5.41) is 3.91. The molecule has 0 amide bonds. The summed E-state index contributed by atoms with van der Waals surface area (Å²) in [6.07, 6.45) is 5.63. The van der Waals surface area contributed by atoms with Gasteiger partial charge in [-0.05, 0) is 38.4 Å². The topological polar surface area (TPSA) is 12.0 Å². The lowest BCUT2D eigenvalue weighted by atomic mass is 10.1. The molecular weight excluding hydrogens is 264 g/mol. The van der Waals surface area contributed by atoms with E-state index in [9.17, 15) is 8.78 Å². The number of halogens is 2. The van der Waals surface area contributed by atoms with E-state index in [0.717, 1.165) is 11.0 Å². The van der Waals surface area contributed by atoms with Crippen LogP contribution >= 0.6 is 11.8 Å². The monoisotopic (exact) mass is 285 g/mol. The third-order valence-electron chi connectivity index (χ3n) is 3.76. The van der Waals surface area contributed by atoms with E-state index in [1.807, 2.05) is 18.8 Å². The highest BCUT2D eigenvalue weighted by Gasteiger charge is 2.19. The summed E-state index contributed by atoms with van der Waals surface area (Å²) in [7, 11) is 1.86. The van der Waals surface area contributed by atoms with Gasteiger partial charge in [-0.1, -0.05) is 18.9 Å². The molecule has 1 fully saturated rings. The Hall–Kier alpha value is -0.610. The number of likely N-dealkylation sites (N-methyl/N-ethyl adjacent to an activating group) is 1. The molecule has 1 N–H and O–H groups in total. The Kier molecular flexibility index (Phi) is 5.64. The zero-order valence-electron chi connectivity index (χ0n) is 11.3. The molecule has 1 atom stereocenters. The van der Waals surface area contributed by atoms with E-state index in [-0.39, 0.29) is 11.6 Å². The molecular formula is C15H21F2NS. The SMILES string of the molecule is CNC(CSC1CCCC1)Cc1c(F)cccc1F. The molecule has 1 aliphatic rings. The number of hydrogen-bond acceptors (Lipinski definition) is 2. The van der Waals surface area contributed by atoms with Crippen molar-refractivity contribution < 1.29 is 8.78 Å². The van der Waals surface area contributed by atoms with E-state index < -0.39 is 11.6 Å². The van der Waals surface area contributed by atoms with Crippen molar-refractivity contribution in [1.82, 2.24) is 5.32 Å². The molecule has 19 heavy (non-hydrogen) atoms. The van der Waals surface area contributed by atoms with E-state index in [4.69, 9.17) is 0 Å². The van der Waals surface area contributed by atoms with Crippen molar-refractivity contribution in [3.8, 4) is 0 Å². The zero-order valence-corrected chi connectivity index (χ0v) is 12.1. The van der Waals surface area contributed by atoms with E-state index in [2.05, 4.69) is 5.32 Å². The van der Waals surface area contributed by atoms with Crippen LogP contribution in [0.25, 0.3) is 0 Å². The lowest BCUT2D eigenvalue weighted by Crippen LogP contribution is -2.31. The predicted octanol–water partition coefficient (Wildman–Crippen LogP) is 3.77. The average molecular weight is 285 g/mol. The summed E-state index contributed by atoms with van der Waals surface area (Å²) in [6.45, 7) is 0. The highest BCUT2D eigenvalue weighted by molar-refractivity contribution is 7.99. The van der Waals surface area contributed by atoms with Gasteiger partial charge in [-0.25, -0.2) is 8.78 Å². The second-order valence-corrected chi connectivity index (χ2v) is 6.46. The van der Waals surface area contributed by atoms with Crippen LogP contribution in [0.2, 0.25) is 0 Å². The second kappa shape index (κ2) is 7.25. The van der Waals surface area contributed by atoms with Gasteiger partial charge in [0.25, 0.3) is 0 Å². The quantitative estimate of drug-likeness (QED) is 0.854. The van der Waals surface area contributed by atoms with Gasteiger partial charge >= 0.3 is 0 Å². The Bertz CT molecular complexity index is 385. The molecule has 106 valence electrons. The van der Waals surface area contributed by atoms with Gasteiger partial charge in [0.1, 0.15) is 11.6 Å². The van der Waals surface area contributed by atoms with E-state index >= 15 is 0 Å². The van der Waals surface area contributed by atoms with Crippen LogP contribution in [0.5, 0.6) is 0 Å². The summed E-state index contributed by atoms with van der Waals surface area (Å²) in [5.41, 5.74) is 0.203. The minimum atomic E-state index is -0.439. The molecule has 0 saturated heterocycles. The van der Waals surface area contributed by atoms with Crippen molar-refractivity contribution in [3.63, 3.8) is 0 Å². The fourth-order valence-electron chi connectivity index (χ4n) is 2.53. The van der Waals surface area contributed by atoms with E-state index in [0.29, 0.717) is 6.42 Å². The smallest absolute Gasteiger partial charge is 0.129 e. The Morgan fingerprint density at radius 3 is 2.47 bits per heavy atom. The van der Waals surface area contributed by atoms with Gasteiger partial charge in [0, 0.05) is 22.6 Å². The van der Waals surface area contributed by atoms with E-state index in [1.165, 1.54) is 43.9 Å². The van der Waals surface area contributed by atoms with Gasteiger partial charge in [0.05, 0.1) is 0 Å². The molecule has 0 heterocycles. The Balaban J connectivity index is 1.90. The molecule has 1 unspecified atom stereocenters. The van der Waals surface area contributed by atoms with Crippen LogP contribution in [0.1, 0.15) is 31.2 Å². The average Bonchev–Trinajstić information content (AvgIpc) is 2.91. The molecule has 0 bridgehead atoms. The molecule has 1 saturated carbocycles. The maximum atomic E-state index is 13.6. The van der Waals surface area contributed by atoms with Crippen molar-refractivity contribution in [2.24, 2.45) is 0 Å². The molecule has 2 rings (SSSR count). The predicted molar refractivity (Wildman–Crippen MR) is 77.6 cm³/mol. The standard InChI is InChI=1S/C15H21F2NS/c1-18-11(10-19-12-5-2-3-6-12)9-13-14(16)7-4-8-15(13)17/h4,7-8,11-12,18H,2-3,5-6,9-10H2,1H3. The fraction of sp³-hybridized carbons (Fsp3) is 0.600. The van der Waals surface area contributed by atoms with Crippen molar-refractivity contribution in [3.05, 3.63) is 35.4 Å². The van der Waals surface area contributed by atoms with Crippen molar-refractivity contribution in [2.75, 3.05) is 12.8 Å². The van der Waals surface area contributed by atoms with Crippen LogP contribution < -0.4 is 5.32 Å². The first-order valence-electron chi connectivity index (χ1n) is 6.92. The van der Waals surface area contributed by atoms with Crippen LogP contribution in [0, 0.1) is 11.6 Å². The molecule has 1 aromatic rings. The van der Waals surface area contributed by atoms with Crippen LogP contribution in [0.4, 0.5) is 8.78 Å². The molecule has 1 nitrogen and oxygen atoms in total. The Morgan fingerprint density at radius 1 is 1.26 bits per heavy atom. The van der Waals surface area contributed by atoms with Crippen molar-refractivity contribution >= 4 is 11.8 Å². The summed E-state index contributed by atoms with van der Waals surface area (Å²) in [4.78, 5) is 0. The first kappa shape index (κ1) is 14.8. The summed E-state index contributed by atoms with van der Waals surface area (Å²) in [5.74, 6) is 0.0341. The van der Waals surface area contributed by atoms with Gasteiger partial charge in [-0.15, -0.1) is 0 Å². The number of hydrogen-bond donors (Lipinski definition) is 1. The largest absolute Gasteiger partial charge is 0.316 e. The first-order chi connectivity index (χ1) is 9.20. The van der Waals surface area contributed by atoms with Gasteiger partial charge in [0.15, 0.2) is 0 Å². The number of thioether (sulfide) groups is 1. The first-order valence-corrected chi connectivity index (χ1v) is 7.97. The van der Waals surface area contributed by atoms with Gasteiger partial charge in [-0.3, -0.25) is 0 Å². The van der Waals surface area contributed by atoms with Crippen LogP contribution in [-0.4, -0.2) is 24.1 Å². The van der Waals surface area contributed by atoms with Crippen LogP contribution in [0.3, 0.4) is 0 Å². The van der Waals surface area contributed by atoms with Crippen LogP contribution in [0.15, 0.2) is 18.2 Å². The highest BCUT2D eigenvalue weighted by Crippen LogP contribution is 2.30. The maximum Gasteiger partial charge on any atom is 0.129 e. The summed E-state index contributed by atoms with van der Waals surface area (Å²) in [6, 6.07) is 4.19. The lowest BCUT2D eigenvalue weighted by Gasteiger charge is -2.19. The van der Waals surface area contributed by atoms with E-state index in [1.54, 1.807) is 0 Å². The maximum absolute atomic E-state index is 13.6. The molecule has 0 aliphatic heterocycles. The van der Waals surface area contributed by atoms with Gasteiger partial charge in [0.2, 0.25) is 0 Å². The summed E-state index contributed by atoms with van der Waals surface area (Å²) < 4.78 is 27.2. The molecule has 0 aromatic heterocycles. The van der Waals surface area contributed by atoms with Gasteiger partial charge in [-0.2, -0.15) is 11.8 Å². The molecule has 1 aliphatic carbocycles. The summed E-state index contributed by atoms with van der Waals surface area (Å²) >= 11 is 1.94. The molecule has 0 spiro atoms. The molecule has 1 aromatic carbocycles. The second-order valence-electron chi connectivity index (χ2n) is 5.13. The van der Waals surface area contributed by atoms with Crippen molar-refractivity contribution in [1.29, 1.82) is 0 Å². The lowest BCUT2D eigenvalue weighted by molar-refractivity contribution is 0.524. The Morgan fingerprint density at radius 2 is 1.89 bits per heavy atom.